The van der Waals surface area contributed by atoms with Gasteiger partial charge in [0.25, 0.3) is 11.4 Å². The molecule has 0 fully saturated rings. The molecule has 0 saturated heterocycles. The predicted molar refractivity (Wildman–Crippen MR) is 137 cm³/mol. The van der Waals surface area contributed by atoms with Gasteiger partial charge in [0.05, 0.1) is 21.9 Å². The highest BCUT2D eigenvalue weighted by Gasteiger charge is 2.40. The first-order valence-electron chi connectivity index (χ1n) is 12.3. The lowest BCUT2D eigenvalue weighted by Crippen LogP contribution is -2.55. The molecule has 0 N–H and O–H groups in total. The Kier molecular flexibility index (Phi) is 6.51. The number of Topliss-reactive ketones (excluding diaryl/α,β-unsaturated/α-hetero) is 1. The molecule has 0 spiro atoms. The van der Waals surface area contributed by atoms with Crippen LogP contribution in [-0.4, -0.2) is 50.6 Å². The lowest BCUT2D eigenvalue weighted by molar-refractivity contribution is -0.385. The molecular weight excluding hydrogens is 460 g/mol. The Hall–Kier alpha value is -3.17. The summed E-state index contributed by atoms with van der Waals surface area (Å²) in [5.41, 5.74) is 3.52. The molecule has 0 amide bonds. The molecule has 9 heteroatoms. The number of fused-ring (bicyclic) bond motifs is 2. The molecule has 0 radical (unpaired) electrons. The lowest BCUT2D eigenvalue weighted by Gasteiger charge is -2.45. The Labute approximate surface area is 211 Å². The summed E-state index contributed by atoms with van der Waals surface area (Å²) in [5.74, 6) is 0.0735. The predicted octanol–water partition coefficient (Wildman–Crippen LogP) is 4.74. The Morgan fingerprint density at radius 2 is 1.14 bits per heavy atom. The summed E-state index contributed by atoms with van der Waals surface area (Å²) in [5, 5.41) is 22.7. The summed E-state index contributed by atoms with van der Waals surface area (Å²) >= 11 is 0. The van der Waals surface area contributed by atoms with Gasteiger partial charge in [-0.05, 0) is 36.1 Å². The van der Waals surface area contributed by atoms with Gasteiger partial charge in [-0.25, -0.2) is 0 Å². The third-order valence-corrected chi connectivity index (χ3v) is 7.92. The number of hydrogen-bond acceptors (Lipinski definition) is 7. The van der Waals surface area contributed by atoms with Gasteiger partial charge in [-0.3, -0.25) is 34.8 Å². The number of hydrogen-bond donors (Lipinski definition) is 0. The van der Waals surface area contributed by atoms with Crippen LogP contribution < -0.4 is 0 Å². The zero-order valence-electron chi connectivity index (χ0n) is 21.8. The summed E-state index contributed by atoms with van der Waals surface area (Å²) in [6, 6.07) is 9.25. The fourth-order valence-corrected chi connectivity index (χ4v) is 5.96. The van der Waals surface area contributed by atoms with Crippen LogP contribution in [0.3, 0.4) is 0 Å². The Bertz CT molecular complexity index is 1150. The van der Waals surface area contributed by atoms with E-state index < -0.39 is 0 Å². The van der Waals surface area contributed by atoms with Gasteiger partial charge < -0.3 is 0 Å². The van der Waals surface area contributed by atoms with E-state index in [0.29, 0.717) is 26.2 Å². The number of benzene rings is 2. The molecule has 0 bridgehead atoms. The van der Waals surface area contributed by atoms with Gasteiger partial charge in [0.15, 0.2) is 5.78 Å². The number of carbonyl (C=O) groups excluding carboxylic acids is 1. The maximum absolute atomic E-state index is 13.7. The highest BCUT2D eigenvalue weighted by Crippen LogP contribution is 2.38. The van der Waals surface area contributed by atoms with Crippen molar-refractivity contribution in [3.63, 3.8) is 0 Å². The Morgan fingerprint density at radius 3 is 1.47 bits per heavy atom. The molecule has 2 heterocycles. The third kappa shape index (κ3) is 4.65. The topological polar surface area (TPSA) is 110 Å². The van der Waals surface area contributed by atoms with Gasteiger partial charge in [-0.2, -0.15) is 0 Å². The van der Waals surface area contributed by atoms with Crippen LogP contribution in [-0.2, 0) is 28.7 Å². The highest BCUT2D eigenvalue weighted by molar-refractivity contribution is 5.88. The average molecular weight is 495 g/mol. The summed E-state index contributed by atoms with van der Waals surface area (Å²) in [4.78, 5) is 39.8. The number of nitro groups is 2. The van der Waals surface area contributed by atoms with Crippen molar-refractivity contribution < 1.29 is 14.6 Å². The minimum Gasteiger partial charge on any atom is -0.296 e. The molecule has 36 heavy (non-hydrogen) atoms. The SMILES string of the molecule is CC(C(=O)C(C)N1Cc2cc([N+](=O)[O-])ccc2C(C)(C)C1)N1Cc2cc([N+](=O)[O-])ccc2C(C)(C)C1. The normalized spacial score (nSPS) is 20.6. The molecule has 4 rings (SSSR count). The van der Waals surface area contributed by atoms with Crippen molar-refractivity contribution in [2.24, 2.45) is 0 Å². The van der Waals surface area contributed by atoms with Crippen molar-refractivity contribution in [1.29, 1.82) is 0 Å². The highest BCUT2D eigenvalue weighted by atomic mass is 16.6. The summed E-state index contributed by atoms with van der Waals surface area (Å²) in [6.07, 6.45) is 0. The number of nitro benzene ring substituents is 2. The fourth-order valence-electron chi connectivity index (χ4n) is 5.96. The molecular formula is C27H34N4O5. The lowest BCUT2D eigenvalue weighted by atomic mass is 9.77. The second-order valence-corrected chi connectivity index (χ2v) is 11.5. The number of rotatable bonds is 6. The van der Waals surface area contributed by atoms with Gasteiger partial charge in [-0.15, -0.1) is 0 Å². The van der Waals surface area contributed by atoms with E-state index in [1.807, 2.05) is 26.0 Å². The van der Waals surface area contributed by atoms with Crippen molar-refractivity contribution in [2.75, 3.05) is 13.1 Å². The van der Waals surface area contributed by atoms with Gasteiger partial charge in [0.2, 0.25) is 0 Å². The minimum absolute atomic E-state index is 0.0575. The number of non-ortho nitro benzene ring substituents is 2. The molecule has 192 valence electrons. The number of nitrogens with zero attached hydrogens (tertiary/aromatic N) is 4. The van der Waals surface area contributed by atoms with Crippen molar-refractivity contribution >= 4 is 17.2 Å². The largest absolute Gasteiger partial charge is 0.296 e. The van der Waals surface area contributed by atoms with E-state index in [4.69, 9.17) is 0 Å². The van der Waals surface area contributed by atoms with Crippen LogP contribution in [0.4, 0.5) is 11.4 Å². The molecule has 9 nitrogen and oxygen atoms in total. The van der Waals surface area contributed by atoms with Crippen molar-refractivity contribution in [2.45, 2.75) is 77.5 Å². The zero-order chi connectivity index (χ0) is 26.6. The van der Waals surface area contributed by atoms with Gasteiger partial charge in [-0.1, -0.05) is 39.8 Å². The van der Waals surface area contributed by atoms with Crippen molar-refractivity contribution in [1.82, 2.24) is 9.80 Å². The Morgan fingerprint density at radius 1 is 0.778 bits per heavy atom. The Balaban J connectivity index is 1.56. The molecule has 2 aromatic rings. The van der Waals surface area contributed by atoms with Crippen LogP contribution in [0.1, 0.15) is 63.8 Å². The minimum atomic E-state index is -0.388. The molecule has 2 aromatic carbocycles. The standard InChI is InChI=1S/C27H34N4O5/c1-17(28-13-19-11-21(30(33)34)7-9-23(19)26(3,4)15-28)25(32)18(2)29-14-20-12-22(31(35)36)8-10-24(20)27(5,6)16-29/h7-12,17-18H,13-16H2,1-6H3. The molecule has 2 aliphatic rings. The van der Waals surface area contributed by atoms with E-state index >= 15 is 0 Å². The van der Waals surface area contributed by atoms with Crippen LogP contribution in [0, 0.1) is 20.2 Å². The molecule has 2 atom stereocenters. The van der Waals surface area contributed by atoms with E-state index in [2.05, 4.69) is 37.5 Å². The first-order chi connectivity index (χ1) is 16.7. The molecule has 0 aromatic heterocycles. The van der Waals surface area contributed by atoms with Crippen LogP contribution >= 0.6 is 0 Å². The van der Waals surface area contributed by atoms with Crippen LogP contribution in [0.15, 0.2) is 36.4 Å². The number of ketones is 1. The summed E-state index contributed by atoms with van der Waals surface area (Å²) in [7, 11) is 0. The van der Waals surface area contributed by atoms with Gasteiger partial charge >= 0.3 is 0 Å². The second-order valence-electron chi connectivity index (χ2n) is 11.5. The smallest absolute Gasteiger partial charge is 0.269 e. The molecule has 0 saturated carbocycles. The average Bonchev–Trinajstić information content (AvgIpc) is 2.80. The van der Waals surface area contributed by atoms with E-state index in [1.165, 1.54) is 0 Å². The van der Waals surface area contributed by atoms with Crippen LogP contribution in [0.5, 0.6) is 0 Å². The van der Waals surface area contributed by atoms with Crippen molar-refractivity contribution in [3.8, 4) is 0 Å². The molecule has 0 aliphatic carbocycles. The van der Waals surface area contributed by atoms with Crippen molar-refractivity contribution in [3.05, 3.63) is 78.9 Å². The van der Waals surface area contributed by atoms with Gasteiger partial charge in [0, 0.05) is 61.3 Å². The van der Waals surface area contributed by atoms with E-state index in [1.54, 1.807) is 24.3 Å². The van der Waals surface area contributed by atoms with E-state index in [9.17, 15) is 25.0 Å². The first kappa shape index (κ1) is 25.9. The van der Waals surface area contributed by atoms with Gasteiger partial charge in [0.1, 0.15) is 0 Å². The molecule has 2 aliphatic heterocycles. The van der Waals surface area contributed by atoms with E-state index in [-0.39, 0.29) is 49.9 Å². The summed E-state index contributed by atoms with van der Waals surface area (Å²) in [6.45, 7) is 14.5. The van der Waals surface area contributed by atoms with Crippen LogP contribution in [0.25, 0.3) is 0 Å². The monoisotopic (exact) mass is 494 g/mol. The first-order valence-corrected chi connectivity index (χ1v) is 12.3. The second kappa shape index (κ2) is 9.05. The quantitative estimate of drug-likeness (QED) is 0.421. The fraction of sp³-hybridized carbons (Fsp3) is 0.519. The third-order valence-electron chi connectivity index (χ3n) is 7.92. The van der Waals surface area contributed by atoms with E-state index in [0.717, 1.165) is 22.3 Å². The summed E-state index contributed by atoms with van der Waals surface area (Å²) < 4.78 is 0. The molecule has 2 unspecified atom stereocenters. The van der Waals surface area contributed by atoms with Crippen LogP contribution in [0.2, 0.25) is 0 Å². The zero-order valence-corrected chi connectivity index (χ0v) is 21.8. The maximum Gasteiger partial charge on any atom is 0.269 e. The number of carbonyl (C=O) groups is 1. The maximum atomic E-state index is 13.7.